The minimum absolute atomic E-state index is 0.0854. The lowest BCUT2D eigenvalue weighted by atomic mass is 10.2. The number of carbonyl (C=O) groups excluding carboxylic acids is 1. The van der Waals surface area contributed by atoms with Crippen molar-refractivity contribution in [2.24, 2.45) is 0 Å². The molecule has 2 rings (SSSR count). The third-order valence-electron chi connectivity index (χ3n) is 2.81. The van der Waals surface area contributed by atoms with E-state index in [-0.39, 0.29) is 11.6 Å². The molecule has 1 aromatic heterocycles. The Bertz CT molecular complexity index is 646. The molecule has 0 spiro atoms. The van der Waals surface area contributed by atoms with Gasteiger partial charge in [-0.3, -0.25) is 4.79 Å². The summed E-state index contributed by atoms with van der Waals surface area (Å²) in [7, 11) is 0. The summed E-state index contributed by atoms with van der Waals surface area (Å²) in [6.07, 6.45) is 0. The maximum Gasteiger partial charge on any atom is 0.358 e. The van der Waals surface area contributed by atoms with Crippen LogP contribution in [0.4, 0.5) is 0 Å². The summed E-state index contributed by atoms with van der Waals surface area (Å²) in [5.74, 6) is -1.27. The molecule has 1 aromatic carbocycles. The highest BCUT2D eigenvalue weighted by atomic mass is 16.4. The minimum Gasteiger partial charge on any atom is -0.476 e. The number of aromatic carboxylic acids is 1. The largest absolute Gasteiger partial charge is 0.476 e. The summed E-state index contributed by atoms with van der Waals surface area (Å²) in [5, 5.41) is 19.0. The highest BCUT2D eigenvalue weighted by molar-refractivity contribution is 5.94. The van der Waals surface area contributed by atoms with Crippen molar-refractivity contribution in [3.63, 3.8) is 0 Å². The summed E-state index contributed by atoms with van der Waals surface area (Å²) in [5.41, 5.74) is 1.53. The second-order valence-corrected chi connectivity index (χ2v) is 4.15. The van der Waals surface area contributed by atoms with Crippen LogP contribution in [0.15, 0.2) is 24.3 Å². The van der Waals surface area contributed by atoms with E-state index in [0.717, 1.165) is 0 Å². The van der Waals surface area contributed by atoms with Crippen LogP contribution in [0.25, 0.3) is 5.69 Å². The molecule has 0 aliphatic heterocycles. The Kier molecular flexibility index (Phi) is 3.79. The molecule has 0 aliphatic carbocycles. The van der Waals surface area contributed by atoms with Crippen molar-refractivity contribution in [3.8, 4) is 5.69 Å². The minimum atomic E-state index is -1.12. The first-order valence-corrected chi connectivity index (χ1v) is 6.08. The lowest BCUT2D eigenvalue weighted by molar-refractivity contribution is 0.0689. The Hall–Kier alpha value is -2.70. The van der Waals surface area contributed by atoms with Crippen LogP contribution < -0.4 is 5.32 Å². The van der Waals surface area contributed by atoms with Crippen LogP contribution in [0, 0.1) is 6.92 Å². The van der Waals surface area contributed by atoms with Crippen LogP contribution >= 0.6 is 0 Å². The highest BCUT2D eigenvalue weighted by Gasteiger charge is 2.16. The predicted octanol–water partition coefficient (Wildman–Crippen LogP) is 1.02. The van der Waals surface area contributed by atoms with Gasteiger partial charge in [-0.25, -0.2) is 9.48 Å². The van der Waals surface area contributed by atoms with Gasteiger partial charge in [0.25, 0.3) is 5.91 Å². The molecule has 0 atom stereocenters. The molecule has 0 saturated carbocycles. The lowest BCUT2D eigenvalue weighted by Gasteiger charge is -2.05. The first kappa shape index (κ1) is 13.7. The molecule has 2 N–H and O–H groups in total. The van der Waals surface area contributed by atoms with Crippen LogP contribution in [-0.2, 0) is 0 Å². The highest BCUT2D eigenvalue weighted by Crippen LogP contribution is 2.13. The zero-order valence-electron chi connectivity index (χ0n) is 11.1. The van der Waals surface area contributed by atoms with Crippen molar-refractivity contribution in [3.05, 3.63) is 41.2 Å². The van der Waals surface area contributed by atoms with E-state index in [2.05, 4.69) is 15.6 Å². The van der Waals surface area contributed by atoms with Gasteiger partial charge >= 0.3 is 5.97 Å². The average molecular weight is 274 g/mol. The Balaban J connectivity index is 2.31. The van der Waals surface area contributed by atoms with E-state index >= 15 is 0 Å². The van der Waals surface area contributed by atoms with Gasteiger partial charge in [-0.2, -0.15) is 0 Å². The van der Waals surface area contributed by atoms with Crippen LogP contribution in [0.2, 0.25) is 0 Å². The predicted molar refractivity (Wildman–Crippen MR) is 71.1 cm³/mol. The molecule has 0 unspecified atom stereocenters. The van der Waals surface area contributed by atoms with E-state index in [1.165, 1.54) is 4.68 Å². The van der Waals surface area contributed by atoms with Gasteiger partial charge in [0.05, 0.1) is 11.4 Å². The van der Waals surface area contributed by atoms with E-state index in [1.54, 1.807) is 31.2 Å². The first-order chi connectivity index (χ1) is 9.54. The summed E-state index contributed by atoms with van der Waals surface area (Å²) in [6.45, 7) is 4.03. The number of nitrogens with zero attached hydrogens (tertiary/aromatic N) is 3. The monoisotopic (exact) mass is 274 g/mol. The molecule has 7 nitrogen and oxygen atoms in total. The molecular weight excluding hydrogens is 260 g/mol. The number of amides is 1. The van der Waals surface area contributed by atoms with Gasteiger partial charge < -0.3 is 10.4 Å². The number of nitrogens with one attached hydrogen (secondary N) is 1. The van der Waals surface area contributed by atoms with E-state index in [0.29, 0.717) is 23.5 Å². The number of benzene rings is 1. The fourth-order valence-electron chi connectivity index (χ4n) is 1.79. The number of carboxylic acids is 1. The molecule has 0 bridgehead atoms. The molecule has 1 amide bonds. The molecule has 0 saturated heterocycles. The SMILES string of the molecule is CCNC(=O)c1ccc(-n2nnc(C(=O)O)c2C)cc1. The van der Waals surface area contributed by atoms with Gasteiger partial charge in [0.1, 0.15) is 0 Å². The van der Waals surface area contributed by atoms with Crippen molar-refractivity contribution in [2.75, 3.05) is 6.54 Å². The number of hydrogen-bond donors (Lipinski definition) is 2. The van der Waals surface area contributed by atoms with Crippen molar-refractivity contribution >= 4 is 11.9 Å². The molecule has 2 aromatic rings. The standard InChI is InChI=1S/C13H14N4O3/c1-3-14-12(18)9-4-6-10(7-5-9)17-8(2)11(13(19)20)15-16-17/h4-7H,3H2,1-2H3,(H,14,18)(H,19,20). The van der Waals surface area contributed by atoms with E-state index in [4.69, 9.17) is 5.11 Å². The van der Waals surface area contributed by atoms with Crippen molar-refractivity contribution in [1.82, 2.24) is 20.3 Å². The van der Waals surface area contributed by atoms with E-state index in [1.807, 2.05) is 6.92 Å². The van der Waals surface area contributed by atoms with Crippen LogP contribution in [0.5, 0.6) is 0 Å². The Morgan fingerprint density at radius 1 is 1.30 bits per heavy atom. The third kappa shape index (κ3) is 2.51. The van der Waals surface area contributed by atoms with Crippen LogP contribution in [0.3, 0.4) is 0 Å². The van der Waals surface area contributed by atoms with Gasteiger partial charge in [-0.15, -0.1) is 5.10 Å². The number of hydrogen-bond acceptors (Lipinski definition) is 4. The summed E-state index contributed by atoms with van der Waals surface area (Å²) in [6, 6.07) is 6.69. The van der Waals surface area contributed by atoms with Gasteiger partial charge in [-0.05, 0) is 38.1 Å². The summed E-state index contributed by atoms with van der Waals surface area (Å²) < 4.78 is 1.42. The van der Waals surface area contributed by atoms with Crippen LogP contribution in [-0.4, -0.2) is 38.5 Å². The molecule has 7 heteroatoms. The fraction of sp³-hybridized carbons (Fsp3) is 0.231. The second kappa shape index (κ2) is 5.52. The maximum atomic E-state index is 11.6. The molecule has 0 aliphatic rings. The Morgan fingerprint density at radius 2 is 1.95 bits per heavy atom. The number of aromatic nitrogens is 3. The number of rotatable bonds is 4. The molecule has 0 fully saturated rings. The zero-order chi connectivity index (χ0) is 14.7. The number of carboxylic acid groups (broad SMARTS) is 1. The molecule has 0 radical (unpaired) electrons. The van der Waals surface area contributed by atoms with Crippen molar-refractivity contribution in [2.45, 2.75) is 13.8 Å². The third-order valence-corrected chi connectivity index (χ3v) is 2.81. The molecule has 20 heavy (non-hydrogen) atoms. The Morgan fingerprint density at radius 3 is 2.45 bits per heavy atom. The van der Waals surface area contributed by atoms with Gasteiger partial charge in [-0.1, -0.05) is 5.21 Å². The first-order valence-electron chi connectivity index (χ1n) is 6.08. The van der Waals surface area contributed by atoms with Gasteiger partial charge in [0.2, 0.25) is 0 Å². The fourth-order valence-corrected chi connectivity index (χ4v) is 1.79. The molecule has 104 valence electrons. The smallest absolute Gasteiger partial charge is 0.358 e. The van der Waals surface area contributed by atoms with Crippen molar-refractivity contribution in [1.29, 1.82) is 0 Å². The second-order valence-electron chi connectivity index (χ2n) is 4.15. The topological polar surface area (TPSA) is 97.1 Å². The van der Waals surface area contributed by atoms with Gasteiger partial charge in [0, 0.05) is 12.1 Å². The molecule has 1 heterocycles. The number of carbonyl (C=O) groups is 2. The maximum absolute atomic E-state index is 11.6. The molecular formula is C13H14N4O3. The summed E-state index contributed by atoms with van der Waals surface area (Å²) >= 11 is 0. The Labute approximate surface area is 115 Å². The normalized spacial score (nSPS) is 10.3. The quantitative estimate of drug-likeness (QED) is 0.867. The lowest BCUT2D eigenvalue weighted by Crippen LogP contribution is -2.22. The van der Waals surface area contributed by atoms with E-state index in [9.17, 15) is 9.59 Å². The van der Waals surface area contributed by atoms with Crippen molar-refractivity contribution < 1.29 is 14.7 Å². The van der Waals surface area contributed by atoms with Gasteiger partial charge in [0.15, 0.2) is 5.69 Å². The zero-order valence-corrected chi connectivity index (χ0v) is 11.1. The van der Waals surface area contributed by atoms with Crippen LogP contribution in [0.1, 0.15) is 33.5 Å². The average Bonchev–Trinajstić information content (AvgIpc) is 2.81. The van der Waals surface area contributed by atoms with E-state index < -0.39 is 5.97 Å². The summed E-state index contributed by atoms with van der Waals surface area (Å²) in [4.78, 5) is 22.5.